The average Bonchev–Trinajstić information content (AvgIpc) is 2.52. The number of nitrogens with zero attached hydrogens (tertiary/aromatic N) is 2. The van der Waals surface area contributed by atoms with Gasteiger partial charge in [-0.25, -0.2) is 9.48 Å². The SMILES string of the molecule is CCNC(=O)Cn1nccc1C(=O)O. The van der Waals surface area contributed by atoms with Crippen molar-refractivity contribution < 1.29 is 14.7 Å². The Balaban J connectivity index is 2.71. The lowest BCUT2D eigenvalue weighted by Gasteiger charge is -2.03. The maximum absolute atomic E-state index is 11.1. The summed E-state index contributed by atoms with van der Waals surface area (Å²) in [6.07, 6.45) is 1.35. The first-order valence-electron chi connectivity index (χ1n) is 4.17. The van der Waals surface area contributed by atoms with E-state index in [4.69, 9.17) is 5.11 Å². The smallest absolute Gasteiger partial charge is 0.354 e. The van der Waals surface area contributed by atoms with E-state index >= 15 is 0 Å². The number of aromatic nitrogens is 2. The standard InChI is InChI=1S/C8H11N3O3/c1-2-9-7(12)5-11-6(8(13)14)3-4-10-11/h3-4H,2,5H2,1H3,(H,9,12)(H,13,14). The van der Waals surface area contributed by atoms with Crippen molar-refractivity contribution in [1.29, 1.82) is 0 Å². The minimum atomic E-state index is -1.09. The van der Waals surface area contributed by atoms with Crippen LogP contribution in [-0.2, 0) is 11.3 Å². The van der Waals surface area contributed by atoms with Gasteiger partial charge in [-0.3, -0.25) is 4.79 Å². The molecule has 0 saturated carbocycles. The predicted octanol–water partition coefficient (Wildman–Crippen LogP) is -0.283. The van der Waals surface area contributed by atoms with Crippen LogP contribution in [0.5, 0.6) is 0 Å². The number of amides is 1. The minimum absolute atomic E-state index is 0.0104. The van der Waals surface area contributed by atoms with Crippen molar-refractivity contribution in [2.24, 2.45) is 0 Å². The quantitative estimate of drug-likeness (QED) is 0.695. The van der Waals surface area contributed by atoms with Crippen LogP contribution in [0.3, 0.4) is 0 Å². The predicted molar refractivity (Wildman–Crippen MR) is 47.9 cm³/mol. The molecule has 0 spiro atoms. The number of aromatic carboxylic acids is 1. The molecule has 2 N–H and O–H groups in total. The van der Waals surface area contributed by atoms with Gasteiger partial charge in [-0.2, -0.15) is 5.10 Å². The van der Waals surface area contributed by atoms with E-state index in [1.807, 2.05) is 0 Å². The van der Waals surface area contributed by atoms with E-state index in [-0.39, 0.29) is 18.1 Å². The molecule has 0 aromatic carbocycles. The largest absolute Gasteiger partial charge is 0.477 e. The summed E-state index contributed by atoms with van der Waals surface area (Å²) in [7, 11) is 0. The molecule has 0 unspecified atom stereocenters. The van der Waals surface area contributed by atoms with Gasteiger partial charge in [-0.05, 0) is 13.0 Å². The Bertz CT molecular complexity index is 345. The van der Waals surface area contributed by atoms with E-state index in [0.717, 1.165) is 4.68 Å². The number of carbonyl (C=O) groups is 2. The number of carboxylic acids is 1. The summed E-state index contributed by atoms with van der Waals surface area (Å²) >= 11 is 0. The molecule has 0 radical (unpaired) electrons. The van der Waals surface area contributed by atoms with Crippen LogP contribution in [0, 0.1) is 0 Å². The number of hydrogen-bond acceptors (Lipinski definition) is 3. The fraction of sp³-hybridized carbons (Fsp3) is 0.375. The Hall–Kier alpha value is -1.85. The molecule has 1 heterocycles. The van der Waals surface area contributed by atoms with Crippen molar-refractivity contribution in [3.63, 3.8) is 0 Å². The Morgan fingerprint density at radius 1 is 1.64 bits per heavy atom. The fourth-order valence-electron chi connectivity index (χ4n) is 1.03. The van der Waals surface area contributed by atoms with Gasteiger partial charge in [0.15, 0.2) is 0 Å². The molecular weight excluding hydrogens is 186 g/mol. The molecular formula is C8H11N3O3. The summed E-state index contributed by atoms with van der Waals surface area (Å²) in [5.74, 6) is -1.34. The van der Waals surface area contributed by atoms with Crippen molar-refractivity contribution in [2.75, 3.05) is 6.54 Å². The highest BCUT2D eigenvalue weighted by atomic mass is 16.4. The summed E-state index contributed by atoms with van der Waals surface area (Å²) in [4.78, 5) is 21.8. The van der Waals surface area contributed by atoms with Crippen LogP contribution in [0.25, 0.3) is 0 Å². The topological polar surface area (TPSA) is 84.2 Å². The zero-order valence-electron chi connectivity index (χ0n) is 7.73. The van der Waals surface area contributed by atoms with Crippen LogP contribution in [0.15, 0.2) is 12.3 Å². The first-order chi connectivity index (χ1) is 6.65. The van der Waals surface area contributed by atoms with E-state index in [2.05, 4.69) is 10.4 Å². The highest BCUT2D eigenvalue weighted by molar-refractivity contribution is 5.86. The van der Waals surface area contributed by atoms with Crippen LogP contribution >= 0.6 is 0 Å². The van der Waals surface area contributed by atoms with E-state index in [0.29, 0.717) is 6.54 Å². The molecule has 0 aliphatic heterocycles. The fourth-order valence-corrected chi connectivity index (χ4v) is 1.03. The maximum atomic E-state index is 11.1. The molecule has 6 nitrogen and oxygen atoms in total. The zero-order valence-corrected chi connectivity index (χ0v) is 7.73. The summed E-state index contributed by atoms with van der Waals surface area (Å²) in [5, 5.41) is 15.0. The second-order valence-corrected chi connectivity index (χ2v) is 2.63. The summed E-state index contributed by atoms with van der Waals surface area (Å²) < 4.78 is 1.15. The van der Waals surface area contributed by atoms with Gasteiger partial charge in [0.05, 0.1) is 0 Å². The highest BCUT2D eigenvalue weighted by Gasteiger charge is 2.11. The van der Waals surface area contributed by atoms with E-state index in [1.54, 1.807) is 6.92 Å². The molecule has 0 aliphatic rings. The van der Waals surface area contributed by atoms with E-state index in [1.165, 1.54) is 12.3 Å². The number of likely N-dealkylation sites (N-methyl/N-ethyl adjacent to an activating group) is 1. The zero-order chi connectivity index (χ0) is 10.6. The van der Waals surface area contributed by atoms with Crippen LogP contribution in [-0.4, -0.2) is 33.3 Å². The molecule has 1 aromatic rings. The second kappa shape index (κ2) is 4.40. The highest BCUT2D eigenvalue weighted by Crippen LogP contribution is 1.97. The van der Waals surface area contributed by atoms with Crippen molar-refractivity contribution in [2.45, 2.75) is 13.5 Å². The third-order valence-electron chi connectivity index (χ3n) is 1.60. The lowest BCUT2D eigenvalue weighted by atomic mass is 10.4. The first-order valence-corrected chi connectivity index (χ1v) is 4.17. The Kier molecular flexibility index (Phi) is 3.22. The molecule has 0 bridgehead atoms. The number of rotatable bonds is 4. The van der Waals surface area contributed by atoms with Gasteiger partial charge in [-0.15, -0.1) is 0 Å². The monoisotopic (exact) mass is 197 g/mol. The number of hydrogen-bond donors (Lipinski definition) is 2. The first kappa shape index (κ1) is 10.2. The Morgan fingerprint density at radius 3 is 2.93 bits per heavy atom. The summed E-state index contributed by atoms with van der Waals surface area (Å²) in [5.41, 5.74) is 0.0104. The third kappa shape index (κ3) is 2.32. The maximum Gasteiger partial charge on any atom is 0.354 e. The molecule has 76 valence electrons. The molecule has 1 amide bonds. The minimum Gasteiger partial charge on any atom is -0.477 e. The Labute approximate surface area is 80.5 Å². The van der Waals surface area contributed by atoms with Gasteiger partial charge >= 0.3 is 5.97 Å². The van der Waals surface area contributed by atoms with Crippen LogP contribution in [0.2, 0.25) is 0 Å². The van der Waals surface area contributed by atoms with Gasteiger partial charge in [-0.1, -0.05) is 0 Å². The Morgan fingerprint density at radius 2 is 2.36 bits per heavy atom. The van der Waals surface area contributed by atoms with Crippen molar-refractivity contribution in [3.8, 4) is 0 Å². The van der Waals surface area contributed by atoms with Gasteiger partial charge in [0.2, 0.25) is 5.91 Å². The molecule has 0 saturated heterocycles. The molecule has 0 atom stereocenters. The lowest BCUT2D eigenvalue weighted by molar-refractivity contribution is -0.121. The number of nitrogens with one attached hydrogen (secondary N) is 1. The van der Waals surface area contributed by atoms with Crippen molar-refractivity contribution >= 4 is 11.9 Å². The molecule has 6 heteroatoms. The second-order valence-electron chi connectivity index (χ2n) is 2.63. The van der Waals surface area contributed by atoms with Gasteiger partial charge in [0.1, 0.15) is 12.2 Å². The van der Waals surface area contributed by atoms with Crippen LogP contribution in [0.4, 0.5) is 0 Å². The van der Waals surface area contributed by atoms with Gasteiger partial charge in [0.25, 0.3) is 0 Å². The van der Waals surface area contributed by atoms with Gasteiger partial charge < -0.3 is 10.4 Å². The lowest BCUT2D eigenvalue weighted by Crippen LogP contribution is -2.28. The molecule has 0 fully saturated rings. The van der Waals surface area contributed by atoms with E-state index < -0.39 is 5.97 Å². The molecule has 14 heavy (non-hydrogen) atoms. The van der Waals surface area contributed by atoms with Crippen molar-refractivity contribution in [3.05, 3.63) is 18.0 Å². The molecule has 1 aromatic heterocycles. The van der Waals surface area contributed by atoms with E-state index in [9.17, 15) is 9.59 Å². The van der Waals surface area contributed by atoms with Gasteiger partial charge in [0, 0.05) is 12.7 Å². The van der Waals surface area contributed by atoms with Crippen LogP contribution in [0.1, 0.15) is 17.4 Å². The number of carboxylic acid groups (broad SMARTS) is 1. The molecule has 1 rings (SSSR count). The van der Waals surface area contributed by atoms with Crippen LogP contribution < -0.4 is 5.32 Å². The molecule has 0 aliphatic carbocycles. The summed E-state index contributed by atoms with van der Waals surface area (Å²) in [6, 6.07) is 1.35. The third-order valence-corrected chi connectivity index (χ3v) is 1.60. The van der Waals surface area contributed by atoms with Crippen molar-refractivity contribution in [1.82, 2.24) is 15.1 Å². The average molecular weight is 197 g/mol. The normalized spacial score (nSPS) is 9.79. The summed E-state index contributed by atoms with van der Waals surface area (Å²) in [6.45, 7) is 2.24. The number of carbonyl (C=O) groups excluding carboxylic acids is 1.